The van der Waals surface area contributed by atoms with Crippen molar-refractivity contribution in [3.05, 3.63) is 59.5 Å². The highest BCUT2D eigenvalue weighted by molar-refractivity contribution is 5.94. The molecule has 2 amide bonds. The molecule has 1 aromatic heterocycles. The first-order valence-corrected chi connectivity index (χ1v) is 7.50. The van der Waals surface area contributed by atoms with Gasteiger partial charge < -0.3 is 15.1 Å². The van der Waals surface area contributed by atoms with E-state index in [1.807, 2.05) is 5.32 Å². The predicted octanol–water partition coefficient (Wildman–Crippen LogP) is 3.13. The molecule has 0 radical (unpaired) electrons. The molecule has 0 saturated carbocycles. The molecule has 1 aromatic carbocycles. The lowest BCUT2D eigenvalue weighted by Crippen LogP contribution is -2.39. The van der Waals surface area contributed by atoms with Gasteiger partial charge in [-0.25, -0.2) is 0 Å². The first-order valence-electron chi connectivity index (χ1n) is 7.50. The molecule has 25 heavy (non-hydrogen) atoms. The minimum absolute atomic E-state index is 0.0473. The van der Waals surface area contributed by atoms with Crippen molar-refractivity contribution in [3.63, 3.8) is 0 Å². The summed E-state index contributed by atoms with van der Waals surface area (Å²) in [6.07, 6.45) is -2.35. The van der Waals surface area contributed by atoms with Gasteiger partial charge in [-0.2, -0.15) is 13.2 Å². The van der Waals surface area contributed by atoms with Crippen molar-refractivity contribution in [2.45, 2.75) is 25.6 Å². The molecule has 2 rings (SSSR count). The summed E-state index contributed by atoms with van der Waals surface area (Å²) in [7, 11) is 0. The van der Waals surface area contributed by atoms with E-state index >= 15 is 0 Å². The third kappa shape index (κ3) is 5.37. The number of halogens is 3. The van der Waals surface area contributed by atoms with E-state index in [4.69, 9.17) is 4.42 Å². The van der Waals surface area contributed by atoms with Crippen LogP contribution in [0.5, 0.6) is 0 Å². The Kier molecular flexibility index (Phi) is 5.84. The van der Waals surface area contributed by atoms with E-state index < -0.39 is 24.0 Å². The van der Waals surface area contributed by atoms with Crippen LogP contribution in [0.25, 0.3) is 0 Å². The number of hydrogen-bond donors (Lipinski definition) is 2. The van der Waals surface area contributed by atoms with Crippen molar-refractivity contribution in [3.8, 4) is 0 Å². The van der Waals surface area contributed by atoms with Gasteiger partial charge in [0.15, 0.2) is 6.04 Å². The second-order valence-corrected chi connectivity index (χ2v) is 5.47. The number of alkyl halides is 3. The van der Waals surface area contributed by atoms with Crippen molar-refractivity contribution in [2.75, 3.05) is 6.54 Å². The fourth-order valence-electron chi connectivity index (χ4n) is 2.13. The molecule has 5 nitrogen and oxygen atoms in total. The number of hydrogen-bond acceptors (Lipinski definition) is 3. The normalized spacial score (nSPS) is 12.5. The zero-order chi connectivity index (χ0) is 18.4. The smallest absolute Gasteiger partial charge is 0.412 e. The molecule has 1 heterocycles. The van der Waals surface area contributed by atoms with Crippen molar-refractivity contribution < 1.29 is 27.2 Å². The van der Waals surface area contributed by atoms with Gasteiger partial charge in [-0.3, -0.25) is 9.59 Å². The van der Waals surface area contributed by atoms with Crippen LogP contribution in [0.4, 0.5) is 13.2 Å². The Hall–Kier alpha value is -2.77. The lowest BCUT2D eigenvalue weighted by molar-refractivity contribution is -0.163. The second kappa shape index (κ2) is 7.87. The van der Waals surface area contributed by atoms with Gasteiger partial charge in [0.25, 0.3) is 5.91 Å². The summed E-state index contributed by atoms with van der Waals surface area (Å²) in [5.41, 5.74) is 1.04. The predicted molar refractivity (Wildman–Crippen MR) is 83.8 cm³/mol. The summed E-state index contributed by atoms with van der Waals surface area (Å²) >= 11 is 0. The Morgan fingerprint density at radius 1 is 1.16 bits per heavy atom. The van der Waals surface area contributed by atoms with Gasteiger partial charge in [0.1, 0.15) is 6.26 Å². The number of furan rings is 1. The van der Waals surface area contributed by atoms with Crippen LogP contribution in [-0.2, 0) is 4.79 Å². The Morgan fingerprint density at radius 3 is 2.40 bits per heavy atom. The van der Waals surface area contributed by atoms with Gasteiger partial charge in [0.05, 0.1) is 11.8 Å². The lowest BCUT2D eigenvalue weighted by Gasteiger charge is -2.22. The lowest BCUT2D eigenvalue weighted by atomic mass is 10.0. The summed E-state index contributed by atoms with van der Waals surface area (Å²) < 4.78 is 44.4. The van der Waals surface area contributed by atoms with E-state index in [9.17, 15) is 22.8 Å². The number of carbonyl (C=O) groups is 2. The highest BCUT2D eigenvalue weighted by Crippen LogP contribution is 2.32. The van der Waals surface area contributed by atoms with E-state index in [-0.39, 0.29) is 24.1 Å². The van der Waals surface area contributed by atoms with Crippen molar-refractivity contribution in [1.82, 2.24) is 10.6 Å². The van der Waals surface area contributed by atoms with E-state index in [2.05, 4.69) is 5.32 Å². The molecule has 2 N–H and O–H groups in total. The molecule has 0 fully saturated rings. The Balaban J connectivity index is 1.91. The summed E-state index contributed by atoms with van der Waals surface area (Å²) in [6, 6.07) is 5.09. The molecule has 0 unspecified atom stereocenters. The highest BCUT2D eigenvalue weighted by atomic mass is 19.4. The van der Waals surface area contributed by atoms with Gasteiger partial charge in [0.2, 0.25) is 5.91 Å². The Morgan fingerprint density at radius 2 is 1.84 bits per heavy atom. The summed E-state index contributed by atoms with van der Waals surface area (Å²) in [5.74, 6) is -1.28. The maximum atomic E-state index is 13.2. The fourth-order valence-corrected chi connectivity index (χ4v) is 2.13. The van der Waals surface area contributed by atoms with E-state index in [1.54, 1.807) is 19.1 Å². The summed E-state index contributed by atoms with van der Waals surface area (Å²) in [6.45, 7) is 1.67. The zero-order valence-corrected chi connectivity index (χ0v) is 13.4. The second-order valence-electron chi connectivity index (χ2n) is 5.47. The van der Waals surface area contributed by atoms with Crippen LogP contribution in [0, 0.1) is 6.92 Å². The fraction of sp³-hybridized carbons (Fsp3) is 0.294. The molecule has 0 spiro atoms. The average molecular weight is 354 g/mol. The maximum absolute atomic E-state index is 13.2. The van der Waals surface area contributed by atoms with Gasteiger partial charge in [-0.1, -0.05) is 29.8 Å². The maximum Gasteiger partial charge on any atom is 0.412 e. The molecule has 8 heteroatoms. The number of amides is 2. The van der Waals surface area contributed by atoms with Crippen LogP contribution < -0.4 is 10.6 Å². The summed E-state index contributed by atoms with van der Waals surface area (Å²) in [5, 5.41) is 4.40. The Bertz CT molecular complexity index is 710. The number of carbonyl (C=O) groups excluding carboxylic acids is 2. The Labute approximate surface area is 142 Å². The largest absolute Gasteiger partial charge is 0.472 e. The molecular formula is C17H17F3N2O3. The highest BCUT2D eigenvalue weighted by Gasteiger charge is 2.41. The minimum Gasteiger partial charge on any atom is -0.472 e. The molecular weight excluding hydrogens is 337 g/mol. The molecule has 0 aliphatic rings. The van der Waals surface area contributed by atoms with Crippen LogP contribution in [-0.4, -0.2) is 24.5 Å². The molecule has 2 aromatic rings. The van der Waals surface area contributed by atoms with Crippen LogP contribution in [0.1, 0.15) is 33.9 Å². The van der Waals surface area contributed by atoms with Gasteiger partial charge >= 0.3 is 6.18 Å². The average Bonchev–Trinajstić information content (AvgIpc) is 3.07. The first-order chi connectivity index (χ1) is 11.8. The molecule has 0 aliphatic heterocycles. The van der Waals surface area contributed by atoms with Crippen LogP contribution in [0.15, 0.2) is 47.3 Å². The quantitative estimate of drug-likeness (QED) is 0.837. The van der Waals surface area contributed by atoms with Crippen molar-refractivity contribution in [2.24, 2.45) is 0 Å². The molecule has 134 valence electrons. The van der Waals surface area contributed by atoms with Crippen molar-refractivity contribution in [1.29, 1.82) is 0 Å². The monoisotopic (exact) mass is 354 g/mol. The van der Waals surface area contributed by atoms with E-state index in [0.717, 1.165) is 5.56 Å². The van der Waals surface area contributed by atoms with E-state index in [1.165, 1.54) is 30.7 Å². The SMILES string of the molecule is Cc1ccc([C@@H](NC(=O)CCNC(=O)c2ccoc2)C(F)(F)F)cc1. The topological polar surface area (TPSA) is 71.3 Å². The number of nitrogens with one attached hydrogen (secondary N) is 2. The van der Waals surface area contributed by atoms with Crippen LogP contribution in [0.2, 0.25) is 0 Å². The third-order valence-corrected chi connectivity index (χ3v) is 3.46. The van der Waals surface area contributed by atoms with Gasteiger partial charge in [-0.15, -0.1) is 0 Å². The van der Waals surface area contributed by atoms with Gasteiger partial charge in [-0.05, 0) is 18.6 Å². The molecule has 0 aliphatic carbocycles. The summed E-state index contributed by atoms with van der Waals surface area (Å²) in [4.78, 5) is 23.5. The molecule has 1 atom stereocenters. The number of aryl methyl sites for hydroxylation is 1. The van der Waals surface area contributed by atoms with Gasteiger partial charge in [0, 0.05) is 13.0 Å². The van der Waals surface area contributed by atoms with E-state index in [0.29, 0.717) is 0 Å². The molecule has 0 bridgehead atoms. The van der Waals surface area contributed by atoms with Crippen molar-refractivity contribution >= 4 is 11.8 Å². The number of benzene rings is 1. The van der Waals surface area contributed by atoms with Crippen LogP contribution >= 0.6 is 0 Å². The minimum atomic E-state index is -4.62. The number of rotatable bonds is 6. The first kappa shape index (κ1) is 18.6. The van der Waals surface area contributed by atoms with Crippen LogP contribution in [0.3, 0.4) is 0 Å². The standard InChI is InChI=1S/C17H17F3N2O3/c1-11-2-4-12(5-3-11)15(17(18,19)20)22-14(23)6-8-21-16(24)13-7-9-25-10-13/h2-5,7,9-10,15H,6,8H2,1H3,(H,21,24)(H,22,23)/t15-/m1/s1. The third-order valence-electron chi connectivity index (χ3n) is 3.46. The molecule has 0 saturated heterocycles. The zero-order valence-electron chi connectivity index (χ0n) is 13.4.